The summed E-state index contributed by atoms with van der Waals surface area (Å²) in [4.78, 5) is 24.7. The molecule has 8 heteroatoms. The lowest BCUT2D eigenvalue weighted by Gasteiger charge is -2.26. The van der Waals surface area contributed by atoms with E-state index in [4.69, 9.17) is 4.99 Å². The number of aryl methyl sites for hydroxylation is 1. The molecule has 29 heavy (non-hydrogen) atoms. The Hall–Kier alpha value is -2.74. The Kier molecular flexibility index (Phi) is 4.79. The highest BCUT2D eigenvalue weighted by molar-refractivity contribution is 6.05. The van der Waals surface area contributed by atoms with Gasteiger partial charge >= 0.3 is 0 Å². The van der Waals surface area contributed by atoms with Gasteiger partial charge in [-0.3, -0.25) is 18.4 Å². The van der Waals surface area contributed by atoms with Crippen LogP contribution in [0, 0.1) is 0 Å². The second kappa shape index (κ2) is 7.59. The minimum absolute atomic E-state index is 0.0248. The lowest BCUT2D eigenvalue weighted by atomic mass is 10.1. The molecule has 2 aliphatic rings. The maximum atomic E-state index is 13.0. The van der Waals surface area contributed by atoms with Crippen LogP contribution in [0.15, 0.2) is 34.6 Å². The van der Waals surface area contributed by atoms with Crippen LogP contribution in [-0.4, -0.2) is 54.0 Å². The van der Waals surface area contributed by atoms with Gasteiger partial charge in [0.25, 0.3) is 5.56 Å². The highest BCUT2D eigenvalue weighted by Crippen LogP contribution is 2.27. The van der Waals surface area contributed by atoms with E-state index in [1.54, 1.807) is 10.8 Å². The van der Waals surface area contributed by atoms with Crippen LogP contribution in [0.25, 0.3) is 5.78 Å². The lowest BCUT2D eigenvalue weighted by molar-refractivity contribution is 0.218. The highest BCUT2D eigenvalue weighted by atomic mass is 16.1. The van der Waals surface area contributed by atoms with Crippen LogP contribution in [0.5, 0.6) is 0 Å². The second-order valence-electron chi connectivity index (χ2n) is 7.99. The molecule has 1 saturated heterocycles. The van der Waals surface area contributed by atoms with Gasteiger partial charge in [0, 0.05) is 43.7 Å². The number of aromatic nitrogens is 5. The van der Waals surface area contributed by atoms with Gasteiger partial charge in [-0.15, -0.1) is 0 Å². The van der Waals surface area contributed by atoms with Crippen molar-refractivity contribution in [3.8, 4) is 0 Å². The number of hydrogen-bond donors (Lipinski definition) is 0. The van der Waals surface area contributed by atoms with E-state index in [9.17, 15) is 4.79 Å². The number of imidazole rings is 1. The molecule has 0 N–H and O–H groups in total. The normalized spacial score (nSPS) is 17.1. The predicted molar refractivity (Wildman–Crippen MR) is 112 cm³/mol. The third-order valence-electron chi connectivity index (χ3n) is 5.96. The zero-order valence-corrected chi connectivity index (χ0v) is 16.9. The Morgan fingerprint density at radius 3 is 2.79 bits per heavy atom. The Bertz CT molecular complexity index is 1110. The van der Waals surface area contributed by atoms with E-state index in [1.165, 1.54) is 32.4 Å². The molecule has 2 aliphatic heterocycles. The summed E-state index contributed by atoms with van der Waals surface area (Å²) in [6, 6.07) is 0. The van der Waals surface area contributed by atoms with E-state index in [0.717, 1.165) is 36.3 Å². The first-order valence-electron chi connectivity index (χ1n) is 10.7. The standard InChI is InChI=1S/C21H27N7O/c1-2-7-28-20(29)17-13-18(24-19(17)27-10-6-22-21(27)28)16-14-23-26(15-16)12-11-25-8-4-3-5-9-25/h6,10,14-15H,2-5,7-9,11-13H2,1H3. The molecule has 3 aromatic heterocycles. The Labute approximate surface area is 169 Å². The van der Waals surface area contributed by atoms with Gasteiger partial charge in [-0.05, 0) is 32.4 Å². The number of aliphatic imine (C=N–C) groups is 1. The molecular weight excluding hydrogens is 366 g/mol. The summed E-state index contributed by atoms with van der Waals surface area (Å²) in [7, 11) is 0. The number of likely N-dealkylation sites (tertiary alicyclic amines) is 1. The molecule has 5 heterocycles. The molecule has 0 aromatic carbocycles. The molecule has 0 amide bonds. The summed E-state index contributed by atoms with van der Waals surface area (Å²) >= 11 is 0. The van der Waals surface area contributed by atoms with Crippen molar-refractivity contribution in [2.24, 2.45) is 4.99 Å². The van der Waals surface area contributed by atoms with Crippen molar-refractivity contribution in [2.75, 3.05) is 19.6 Å². The van der Waals surface area contributed by atoms with E-state index in [1.807, 2.05) is 21.5 Å². The Morgan fingerprint density at radius 2 is 1.97 bits per heavy atom. The van der Waals surface area contributed by atoms with E-state index < -0.39 is 0 Å². The first-order chi connectivity index (χ1) is 14.2. The second-order valence-corrected chi connectivity index (χ2v) is 7.99. The molecule has 0 saturated carbocycles. The fourth-order valence-electron chi connectivity index (χ4n) is 4.42. The first-order valence-corrected chi connectivity index (χ1v) is 10.7. The molecule has 0 bridgehead atoms. The summed E-state index contributed by atoms with van der Waals surface area (Å²) in [6.07, 6.45) is 12.9. The molecule has 0 aliphatic carbocycles. The molecule has 1 fully saturated rings. The Balaban J connectivity index is 1.39. The van der Waals surface area contributed by atoms with Crippen molar-refractivity contribution >= 4 is 17.3 Å². The highest BCUT2D eigenvalue weighted by Gasteiger charge is 2.25. The fourth-order valence-corrected chi connectivity index (χ4v) is 4.42. The monoisotopic (exact) mass is 393 g/mol. The van der Waals surface area contributed by atoms with Crippen LogP contribution in [0.1, 0.15) is 43.7 Å². The topological polar surface area (TPSA) is 72.7 Å². The predicted octanol–water partition coefficient (Wildman–Crippen LogP) is 2.27. The number of fused-ring (bicyclic) bond motifs is 3. The van der Waals surface area contributed by atoms with Crippen LogP contribution in [0.3, 0.4) is 0 Å². The fraction of sp³-hybridized carbons (Fsp3) is 0.524. The number of nitrogens with zero attached hydrogens (tertiary/aromatic N) is 7. The largest absolute Gasteiger partial charge is 0.301 e. The molecule has 0 spiro atoms. The molecule has 0 radical (unpaired) electrons. The molecule has 152 valence electrons. The Morgan fingerprint density at radius 1 is 1.10 bits per heavy atom. The van der Waals surface area contributed by atoms with Crippen LogP contribution < -0.4 is 5.56 Å². The van der Waals surface area contributed by atoms with E-state index >= 15 is 0 Å². The number of piperidine rings is 1. The molecule has 0 atom stereocenters. The summed E-state index contributed by atoms with van der Waals surface area (Å²) in [5, 5.41) is 4.54. The van der Waals surface area contributed by atoms with Crippen molar-refractivity contribution in [3.63, 3.8) is 0 Å². The van der Waals surface area contributed by atoms with Crippen LogP contribution in [0.2, 0.25) is 0 Å². The lowest BCUT2D eigenvalue weighted by Crippen LogP contribution is -2.32. The molecule has 0 unspecified atom stereocenters. The minimum Gasteiger partial charge on any atom is -0.301 e. The van der Waals surface area contributed by atoms with Gasteiger partial charge < -0.3 is 4.90 Å². The maximum Gasteiger partial charge on any atom is 0.260 e. The average molecular weight is 393 g/mol. The molecule has 3 aromatic rings. The van der Waals surface area contributed by atoms with Crippen molar-refractivity contribution in [1.82, 2.24) is 28.6 Å². The van der Waals surface area contributed by atoms with E-state index in [-0.39, 0.29) is 5.56 Å². The average Bonchev–Trinajstić information content (AvgIpc) is 3.49. The third-order valence-corrected chi connectivity index (χ3v) is 5.96. The number of hydrogen-bond acceptors (Lipinski definition) is 5. The zero-order chi connectivity index (χ0) is 19.8. The summed E-state index contributed by atoms with van der Waals surface area (Å²) < 4.78 is 5.69. The summed E-state index contributed by atoms with van der Waals surface area (Å²) in [5.41, 5.74) is 2.68. The molecular formula is C21H27N7O. The summed E-state index contributed by atoms with van der Waals surface area (Å²) in [5.74, 6) is 1.38. The number of rotatable bonds is 6. The first kappa shape index (κ1) is 18.3. The van der Waals surface area contributed by atoms with Gasteiger partial charge in [-0.1, -0.05) is 13.3 Å². The minimum atomic E-state index is 0.0248. The third kappa shape index (κ3) is 3.31. The van der Waals surface area contributed by atoms with Crippen molar-refractivity contribution < 1.29 is 0 Å². The molecule has 5 rings (SSSR count). The zero-order valence-electron chi connectivity index (χ0n) is 16.9. The van der Waals surface area contributed by atoms with E-state index in [0.29, 0.717) is 24.6 Å². The van der Waals surface area contributed by atoms with Gasteiger partial charge in [0.05, 0.1) is 24.0 Å². The van der Waals surface area contributed by atoms with Gasteiger partial charge in [0.15, 0.2) is 0 Å². The van der Waals surface area contributed by atoms with Crippen molar-refractivity contribution in [3.05, 3.63) is 46.3 Å². The van der Waals surface area contributed by atoms with E-state index in [2.05, 4.69) is 28.1 Å². The molecule has 8 nitrogen and oxygen atoms in total. The van der Waals surface area contributed by atoms with Gasteiger partial charge in [-0.25, -0.2) is 9.98 Å². The van der Waals surface area contributed by atoms with Crippen molar-refractivity contribution in [2.45, 2.75) is 52.1 Å². The smallest absolute Gasteiger partial charge is 0.260 e. The van der Waals surface area contributed by atoms with Crippen LogP contribution in [-0.2, 0) is 19.5 Å². The van der Waals surface area contributed by atoms with Gasteiger partial charge in [-0.2, -0.15) is 5.10 Å². The summed E-state index contributed by atoms with van der Waals surface area (Å²) in [6.45, 7) is 7.04. The SMILES string of the molecule is CCCn1c(=O)c2c(n3ccnc13)N=C(c1cnn(CCN3CCCCC3)c1)C2. The van der Waals surface area contributed by atoms with Crippen molar-refractivity contribution in [1.29, 1.82) is 0 Å². The quantitative estimate of drug-likeness (QED) is 0.644. The van der Waals surface area contributed by atoms with Crippen LogP contribution >= 0.6 is 0 Å². The maximum absolute atomic E-state index is 13.0. The van der Waals surface area contributed by atoms with Gasteiger partial charge in [0.2, 0.25) is 5.78 Å². The van der Waals surface area contributed by atoms with Crippen LogP contribution in [0.4, 0.5) is 5.82 Å². The van der Waals surface area contributed by atoms with Gasteiger partial charge in [0.1, 0.15) is 5.82 Å².